The van der Waals surface area contributed by atoms with Crippen molar-refractivity contribution in [3.05, 3.63) is 66.9 Å². The summed E-state index contributed by atoms with van der Waals surface area (Å²) >= 11 is 0. The Hall–Kier alpha value is -3.40. The largest absolute Gasteiger partial charge is 0.478 e. The van der Waals surface area contributed by atoms with Crippen molar-refractivity contribution in [1.82, 2.24) is 10.2 Å². The van der Waals surface area contributed by atoms with Crippen LogP contribution in [0, 0.1) is 0 Å². The Balaban J connectivity index is 2.58. The van der Waals surface area contributed by atoms with Crippen LogP contribution >= 0.6 is 0 Å². The molecule has 0 spiro atoms. The van der Waals surface area contributed by atoms with E-state index in [1.165, 1.54) is 24.3 Å². The molecule has 10 heteroatoms. The minimum absolute atomic E-state index is 0.0262. The van der Waals surface area contributed by atoms with Crippen LogP contribution in [0.3, 0.4) is 0 Å². The minimum Gasteiger partial charge on any atom is -0.478 e. The van der Waals surface area contributed by atoms with Gasteiger partial charge in [-0.05, 0) is 62.9 Å². The molecule has 2 N–H and O–H groups in total. The van der Waals surface area contributed by atoms with E-state index in [-0.39, 0.29) is 30.2 Å². The maximum absolute atomic E-state index is 13.0. The van der Waals surface area contributed by atoms with Gasteiger partial charge in [-0.25, -0.2) is 4.79 Å². The summed E-state index contributed by atoms with van der Waals surface area (Å²) in [4.78, 5) is 37.2. The first-order chi connectivity index (χ1) is 15.5. The highest BCUT2D eigenvalue weighted by atomic mass is 19.4. The Morgan fingerprint density at radius 2 is 1.67 bits per heavy atom. The number of aromatic carboxylic acids is 1. The van der Waals surface area contributed by atoms with Crippen LogP contribution in [0.25, 0.3) is 0 Å². The molecule has 7 nitrogen and oxygen atoms in total. The Labute approximate surface area is 190 Å². The molecule has 180 valence electrons. The Morgan fingerprint density at radius 3 is 2.18 bits per heavy atom. The highest BCUT2D eigenvalue weighted by Gasteiger charge is 2.42. The summed E-state index contributed by atoms with van der Waals surface area (Å²) in [5.74, 6) is -3.47. The lowest BCUT2D eigenvalue weighted by atomic mass is 10.1. The molecule has 0 saturated carbocycles. The number of nitrogens with zero attached hydrogens (tertiary/aromatic N) is 2. The number of carboxylic acid groups (broad SMARTS) is 1. The number of nitrogens with one attached hydrogen (secondary N) is 1. The first-order valence-corrected chi connectivity index (χ1v) is 10.1. The van der Waals surface area contributed by atoms with Gasteiger partial charge >= 0.3 is 18.1 Å². The lowest BCUT2D eigenvalue weighted by molar-refractivity contribution is -0.170. The van der Waals surface area contributed by atoms with Crippen molar-refractivity contribution in [2.75, 3.05) is 31.6 Å². The molecule has 0 heterocycles. The number of halogens is 3. The van der Waals surface area contributed by atoms with E-state index in [9.17, 15) is 27.6 Å². The highest BCUT2D eigenvalue weighted by molar-refractivity contribution is 5.97. The van der Waals surface area contributed by atoms with Gasteiger partial charge in [0.05, 0.1) is 12.1 Å². The summed E-state index contributed by atoms with van der Waals surface area (Å²) in [7, 11) is 1.74. The van der Waals surface area contributed by atoms with Gasteiger partial charge in [0, 0.05) is 17.9 Å². The van der Waals surface area contributed by atoms with Gasteiger partial charge < -0.3 is 15.3 Å². The van der Waals surface area contributed by atoms with Crippen molar-refractivity contribution in [3.63, 3.8) is 0 Å². The van der Waals surface area contributed by atoms with Crippen molar-refractivity contribution in [2.24, 2.45) is 0 Å². The zero-order valence-corrected chi connectivity index (χ0v) is 18.4. The van der Waals surface area contributed by atoms with Crippen LogP contribution in [-0.2, 0) is 9.59 Å². The highest BCUT2D eigenvalue weighted by Crippen LogP contribution is 2.24. The fourth-order valence-corrected chi connectivity index (χ4v) is 2.93. The number of unbranched alkanes of at least 4 members (excludes halogenated alkanes) is 2. The number of carbonyl (C=O) groups excluding carboxylic acids is 2. The Kier molecular flexibility index (Phi) is 11.1. The van der Waals surface area contributed by atoms with E-state index in [4.69, 9.17) is 5.11 Å². The summed E-state index contributed by atoms with van der Waals surface area (Å²) in [6, 6.07) is 4.66. The number of hydrogen-bond acceptors (Lipinski definition) is 4. The SMILES string of the molecule is C=C/C=C(\C=C)NC(=O)CN(C)CCCCCN(C(=O)C(F)(F)F)c1ccc(C(=O)O)cc1. The minimum atomic E-state index is -5.05. The number of benzene rings is 1. The molecular weight excluding hydrogens is 439 g/mol. The number of carbonyl (C=O) groups is 3. The number of carboxylic acids is 1. The van der Waals surface area contributed by atoms with Gasteiger partial charge in [0.1, 0.15) is 0 Å². The topological polar surface area (TPSA) is 90.0 Å². The predicted molar refractivity (Wildman–Crippen MR) is 120 cm³/mol. The van der Waals surface area contributed by atoms with E-state index in [1.54, 1.807) is 18.0 Å². The van der Waals surface area contributed by atoms with Crippen LogP contribution in [0.1, 0.15) is 29.6 Å². The normalized spacial score (nSPS) is 11.7. The lowest BCUT2D eigenvalue weighted by Crippen LogP contribution is -2.42. The van der Waals surface area contributed by atoms with Crippen molar-refractivity contribution in [2.45, 2.75) is 25.4 Å². The number of anilines is 1. The van der Waals surface area contributed by atoms with Gasteiger partial charge in [-0.2, -0.15) is 13.2 Å². The van der Waals surface area contributed by atoms with Crippen LogP contribution in [0.4, 0.5) is 18.9 Å². The van der Waals surface area contributed by atoms with Gasteiger partial charge in [-0.15, -0.1) is 0 Å². The molecule has 1 rings (SSSR count). The van der Waals surface area contributed by atoms with Gasteiger partial charge in [-0.3, -0.25) is 14.5 Å². The molecule has 0 unspecified atom stereocenters. The third kappa shape index (κ3) is 9.73. The number of allylic oxidation sites excluding steroid dienone is 3. The fraction of sp³-hybridized carbons (Fsp3) is 0.348. The summed E-state index contributed by atoms with van der Waals surface area (Å²) < 4.78 is 39.0. The quantitative estimate of drug-likeness (QED) is 0.341. The average molecular weight is 467 g/mol. The van der Waals surface area contributed by atoms with E-state index >= 15 is 0 Å². The van der Waals surface area contributed by atoms with Gasteiger partial charge in [0.2, 0.25) is 5.91 Å². The number of amides is 2. The van der Waals surface area contributed by atoms with Crippen molar-refractivity contribution in [3.8, 4) is 0 Å². The average Bonchev–Trinajstić information content (AvgIpc) is 2.74. The molecule has 0 radical (unpaired) electrons. The lowest BCUT2D eigenvalue weighted by Gasteiger charge is -2.24. The number of likely N-dealkylation sites (N-methyl/N-ethyl adjacent to an activating group) is 1. The zero-order chi connectivity index (χ0) is 25.0. The van der Waals surface area contributed by atoms with Gasteiger partial charge in [0.25, 0.3) is 0 Å². The van der Waals surface area contributed by atoms with Crippen molar-refractivity contribution in [1.29, 1.82) is 0 Å². The molecule has 0 fully saturated rings. The van der Waals surface area contributed by atoms with Crippen molar-refractivity contribution >= 4 is 23.5 Å². The van der Waals surface area contributed by atoms with Crippen LogP contribution in [0.15, 0.2) is 61.3 Å². The molecule has 1 aromatic carbocycles. The van der Waals surface area contributed by atoms with Gasteiger partial charge in [-0.1, -0.05) is 25.7 Å². The van der Waals surface area contributed by atoms with E-state index in [0.29, 0.717) is 36.4 Å². The molecule has 0 atom stereocenters. The van der Waals surface area contributed by atoms with Crippen LogP contribution in [0.2, 0.25) is 0 Å². The van der Waals surface area contributed by atoms with E-state index in [2.05, 4.69) is 18.5 Å². The Morgan fingerprint density at radius 1 is 1.06 bits per heavy atom. The fourth-order valence-electron chi connectivity index (χ4n) is 2.93. The van der Waals surface area contributed by atoms with E-state index < -0.39 is 18.1 Å². The second-order valence-corrected chi connectivity index (χ2v) is 7.22. The number of rotatable bonds is 13. The molecule has 1 aromatic rings. The Bertz CT molecular complexity index is 880. The number of alkyl halides is 3. The molecule has 0 aliphatic carbocycles. The first-order valence-electron chi connectivity index (χ1n) is 10.1. The summed E-state index contributed by atoms with van der Waals surface area (Å²) in [6.07, 6.45) is 0.988. The maximum Gasteiger partial charge on any atom is 0.471 e. The molecule has 0 bridgehead atoms. The van der Waals surface area contributed by atoms with E-state index in [1.807, 2.05) is 0 Å². The third-order valence-corrected chi connectivity index (χ3v) is 4.55. The summed E-state index contributed by atoms with van der Waals surface area (Å²) in [6.45, 7) is 7.61. The number of hydrogen-bond donors (Lipinski definition) is 2. The van der Waals surface area contributed by atoms with E-state index in [0.717, 1.165) is 12.1 Å². The monoisotopic (exact) mass is 467 g/mol. The van der Waals surface area contributed by atoms with Crippen LogP contribution in [-0.4, -0.2) is 60.6 Å². The van der Waals surface area contributed by atoms with Gasteiger partial charge in [0.15, 0.2) is 0 Å². The second kappa shape index (κ2) is 13.2. The molecule has 0 saturated heterocycles. The third-order valence-electron chi connectivity index (χ3n) is 4.55. The summed E-state index contributed by atoms with van der Waals surface area (Å²) in [5.41, 5.74) is 0.404. The molecular formula is C23H28F3N3O4. The first kappa shape index (κ1) is 27.6. The molecule has 0 aliphatic rings. The summed E-state index contributed by atoms with van der Waals surface area (Å²) in [5, 5.41) is 11.6. The second-order valence-electron chi connectivity index (χ2n) is 7.22. The molecule has 0 aromatic heterocycles. The maximum atomic E-state index is 13.0. The zero-order valence-electron chi connectivity index (χ0n) is 18.4. The van der Waals surface area contributed by atoms with Crippen molar-refractivity contribution < 1.29 is 32.7 Å². The smallest absolute Gasteiger partial charge is 0.471 e. The molecule has 33 heavy (non-hydrogen) atoms. The predicted octanol–water partition coefficient (Wildman–Crippen LogP) is 3.75. The molecule has 0 aliphatic heterocycles. The molecule has 2 amide bonds. The standard InChI is InChI=1S/C23H28F3N3O4/c1-4-9-18(5-2)27-20(30)16-28(3)14-7-6-8-15-29(22(33)23(24,25)26)19-12-10-17(11-13-19)21(31)32/h4-5,9-13H,1-2,6-8,14-16H2,3H3,(H,27,30)(H,31,32)/b18-9+. The van der Waals surface area contributed by atoms with Crippen LogP contribution < -0.4 is 10.2 Å². The van der Waals surface area contributed by atoms with Crippen LogP contribution in [0.5, 0.6) is 0 Å².